The number of carbonyl (C=O) groups is 2. The van der Waals surface area contributed by atoms with E-state index in [4.69, 9.17) is 5.26 Å². The lowest BCUT2D eigenvalue weighted by atomic mass is 9.97. The number of hydrogen-bond donors (Lipinski definition) is 0. The van der Waals surface area contributed by atoms with Crippen LogP contribution in [0.1, 0.15) is 12.8 Å². The summed E-state index contributed by atoms with van der Waals surface area (Å²) in [4.78, 5) is 22.1. The molecule has 1 rings (SSSR count). The molecule has 4 heteroatoms. The van der Waals surface area contributed by atoms with Gasteiger partial charge in [0.2, 0.25) is 0 Å². The van der Waals surface area contributed by atoms with E-state index in [1.807, 2.05) is 6.07 Å². The minimum absolute atomic E-state index is 0.173. The Morgan fingerprint density at radius 1 is 1.75 bits per heavy atom. The third-order valence-corrected chi connectivity index (χ3v) is 2.07. The molecule has 0 saturated heterocycles. The fraction of sp³-hybridized carbons (Fsp3) is 0.625. The number of esters is 1. The number of ketones is 1. The number of carbonyl (C=O) groups excluding carboxylic acids is 2. The predicted octanol–water partition coefficient (Wildman–Crippen LogP) is 0.278. The first-order valence-electron chi connectivity index (χ1n) is 3.71. The molecule has 0 amide bonds. The number of Topliss-reactive ketones (excluding diaryl/α,β-unsaturated/α-hetero) is 1. The van der Waals surface area contributed by atoms with E-state index >= 15 is 0 Å². The average molecular weight is 167 g/mol. The molecule has 1 saturated carbocycles. The Morgan fingerprint density at radius 3 is 2.92 bits per heavy atom. The zero-order chi connectivity index (χ0) is 9.14. The normalized spacial score (nSPS) is 28.2. The third-order valence-electron chi connectivity index (χ3n) is 2.07. The van der Waals surface area contributed by atoms with Crippen molar-refractivity contribution in [3.8, 4) is 6.07 Å². The van der Waals surface area contributed by atoms with Crippen LogP contribution in [-0.2, 0) is 14.3 Å². The Morgan fingerprint density at radius 2 is 2.42 bits per heavy atom. The van der Waals surface area contributed by atoms with Gasteiger partial charge in [0.05, 0.1) is 19.1 Å². The fourth-order valence-electron chi connectivity index (χ4n) is 1.41. The van der Waals surface area contributed by atoms with Crippen LogP contribution in [-0.4, -0.2) is 18.9 Å². The van der Waals surface area contributed by atoms with Crippen molar-refractivity contribution in [3.63, 3.8) is 0 Å². The smallest absolute Gasteiger partial charge is 0.317 e. The van der Waals surface area contributed by atoms with Crippen molar-refractivity contribution in [1.82, 2.24) is 0 Å². The highest BCUT2D eigenvalue weighted by Gasteiger charge is 2.40. The van der Waals surface area contributed by atoms with Crippen LogP contribution in [0.15, 0.2) is 0 Å². The van der Waals surface area contributed by atoms with E-state index in [0.29, 0.717) is 12.8 Å². The zero-order valence-corrected chi connectivity index (χ0v) is 6.74. The Labute approximate surface area is 70.1 Å². The van der Waals surface area contributed by atoms with Gasteiger partial charge in [-0.3, -0.25) is 9.59 Å². The van der Waals surface area contributed by atoms with Gasteiger partial charge in [0.1, 0.15) is 11.7 Å². The summed E-state index contributed by atoms with van der Waals surface area (Å²) in [7, 11) is 1.22. The van der Waals surface area contributed by atoms with E-state index in [-0.39, 0.29) is 5.78 Å². The van der Waals surface area contributed by atoms with Crippen molar-refractivity contribution in [2.45, 2.75) is 12.8 Å². The van der Waals surface area contributed by atoms with Crippen LogP contribution < -0.4 is 0 Å². The van der Waals surface area contributed by atoms with Crippen LogP contribution in [0.25, 0.3) is 0 Å². The van der Waals surface area contributed by atoms with Crippen LogP contribution in [0, 0.1) is 23.2 Å². The highest BCUT2D eigenvalue weighted by molar-refractivity contribution is 6.01. The minimum atomic E-state index is -0.833. The molecule has 1 aliphatic rings. The standard InChI is InChI=1S/C8H9NO3/c1-12-8(11)7-5(4-9)2-3-6(7)10/h5,7H,2-3H2,1H3. The molecule has 0 aromatic rings. The molecule has 64 valence electrons. The van der Waals surface area contributed by atoms with Gasteiger partial charge in [0, 0.05) is 6.42 Å². The summed E-state index contributed by atoms with van der Waals surface area (Å²) in [5.74, 6) is -2.07. The monoisotopic (exact) mass is 167 g/mol. The molecule has 2 atom stereocenters. The summed E-state index contributed by atoms with van der Waals surface area (Å²) in [6.07, 6.45) is 0.799. The summed E-state index contributed by atoms with van der Waals surface area (Å²) in [6.45, 7) is 0. The predicted molar refractivity (Wildman–Crippen MR) is 38.9 cm³/mol. The van der Waals surface area contributed by atoms with Crippen molar-refractivity contribution in [1.29, 1.82) is 5.26 Å². The number of ether oxygens (including phenoxy) is 1. The summed E-state index contributed by atoms with van der Waals surface area (Å²) < 4.78 is 4.43. The lowest BCUT2D eigenvalue weighted by molar-refractivity contribution is -0.149. The maximum absolute atomic E-state index is 11.1. The second-order valence-corrected chi connectivity index (χ2v) is 2.74. The highest BCUT2D eigenvalue weighted by atomic mass is 16.5. The van der Waals surface area contributed by atoms with Crippen molar-refractivity contribution in [3.05, 3.63) is 0 Å². The second kappa shape index (κ2) is 3.35. The molecule has 1 aliphatic carbocycles. The van der Waals surface area contributed by atoms with Gasteiger partial charge in [-0.25, -0.2) is 0 Å². The number of hydrogen-bond acceptors (Lipinski definition) is 4. The van der Waals surface area contributed by atoms with Gasteiger partial charge >= 0.3 is 5.97 Å². The molecule has 0 aliphatic heterocycles. The maximum atomic E-state index is 11.1. The lowest BCUT2D eigenvalue weighted by Gasteiger charge is -2.07. The Hall–Kier alpha value is -1.37. The molecule has 0 heterocycles. The van der Waals surface area contributed by atoms with Crippen LogP contribution in [0.5, 0.6) is 0 Å². The van der Waals surface area contributed by atoms with Gasteiger partial charge < -0.3 is 4.74 Å². The first-order valence-corrected chi connectivity index (χ1v) is 3.71. The molecular weight excluding hydrogens is 158 g/mol. The highest BCUT2D eigenvalue weighted by Crippen LogP contribution is 2.28. The summed E-state index contributed by atoms with van der Waals surface area (Å²) in [6, 6.07) is 1.94. The first kappa shape index (κ1) is 8.72. The van der Waals surface area contributed by atoms with Gasteiger partial charge in [-0.2, -0.15) is 5.26 Å². The number of nitriles is 1. The first-order chi connectivity index (χ1) is 5.70. The zero-order valence-electron chi connectivity index (χ0n) is 6.74. The van der Waals surface area contributed by atoms with Gasteiger partial charge in [-0.1, -0.05) is 0 Å². The van der Waals surface area contributed by atoms with E-state index in [2.05, 4.69) is 4.74 Å². The lowest BCUT2D eigenvalue weighted by Crippen LogP contribution is -2.25. The molecule has 1 fully saturated rings. The largest absolute Gasteiger partial charge is 0.468 e. The molecule has 0 radical (unpaired) electrons. The molecule has 0 aromatic heterocycles. The van der Waals surface area contributed by atoms with Gasteiger partial charge in [0.25, 0.3) is 0 Å². The van der Waals surface area contributed by atoms with Crippen molar-refractivity contribution in [2.24, 2.45) is 11.8 Å². The molecule has 2 unspecified atom stereocenters. The fourth-order valence-corrected chi connectivity index (χ4v) is 1.41. The SMILES string of the molecule is COC(=O)C1C(=O)CCC1C#N. The van der Waals surface area contributed by atoms with E-state index in [9.17, 15) is 9.59 Å². The van der Waals surface area contributed by atoms with Crippen LogP contribution in [0.4, 0.5) is 0 Å². The average Bonchev–Trinajstić information content (AvgIpc) is 2.45. The number of nitrogens with zero attached hydrogens (tertiary/aromatic N) is 1. The van der Waals surface area contributed by atoms with Crippen molar-refractivity contribution < 1.29 is 14.3 Å². The van der Waals surface area contributed by atoms with Gasteiger partial charge in [0.15, 0.2) is 0 Å². The second-order valence-electron chi connectivity index (χ2n) is 2.74. The van der Waals surface area contributed by atoms with E-state index in [1.54, 1.807) is 0 Å². The molecule has 0 spiro atoms. The molecular formula is C8H9NO3. The van der Waals surface area contributed by atoms with E-state index in [0.717, 1.165) is 0 Å². The molecule has 0 N–H and O–H groups in total. The summed E-state index contributed by atoms with van der Waals surface area (Å²) in [5, 5.41) is 8.59. The molecule has 0 bridgehead atoms. The molecule has 0 aromatic carbocycles. The van der Waals surface area contributed by atoms with Crippen LogP contribution in [0.2, 0.25) is 0 Å². The number of methoxy groups -OCH3 is 1. The van der Waals surface area contributed by atoms with Crippen LogP contribution >= 0.6 is 0 Å². The van der Waals surface area contributed by atoms with E-state index < -0.39 is 17.8 Å². The number of rotatable bonds is 1. The Bertz CT molecular complexity index is 254. The van der Waals surface area contributed by atoms with Crippen molar-refractivity contribution >= 4 is 11.8 Å². The van der Waals surface area contributed by atoms with E-state index in [1.165, 1.54) is 7.11 Å². The Balaban J connectivity index is 2.78. The molecule has 12 heavy (non-hydrogen) atoms. The van der Waals surface area contributed by atoms with Crippen molar-refractivity contribution in [2.75, 3.05) is 7.11 Å². The van der Waals surface area contributed by atoms with Gasteiger partial charge in [-0.05, 0) is 6.42 Å². The van der Waals surface area contributed by atoms with Gasteiger partial charge in [-0.15, -0.1) is 0 Å². The molecule has 4 nitrogen and oxygen atoms in total. The topological polar surface area (TPSA) is 67.2 Å². The maximum Gasteiger partial charge on any atom is 0.317 e. The minimum Gasteiger partial charge on any atom is -0.468 e. The summed E-state index contributed by atoms with van der Waals surface area (Å²) in [5.41, 5.74) is 0. The quantitative estimate of drug-likeness (QED) is 0.415. The Kier molecular flexibility index (Phi) is 2.44. The third kappa shape index (κ3) is 1.30. The van der Waals surface area contributed by atoms with Crippen LogP contribution in [0.3, 0.4) is 0 Å². The summed E-state index contributed by atoms with van der Waals surface area (Å²) >= 11 is 0.